The van der Waals surface area contributed by atoms with Crippen LogP contribution in [0.5, 0.6) is 5.75 Å². The van der Waals surface area contributed by atoms with E-state index in [1.54, 1.807) is 16.8 Å². The molecule has 0 atom stereocenters. The van der Waals surface area contributed by atoms with Gasteiger partial charge in [-0.2, -0.15) is 5.10 Å². The first-order valence-electron chi connectivity index (χ1n) is 8.25. The Bertz CT molecular complexity index is 733. The number of ether oxygens (including phenoxy) is 1. The van der Waals surface area contributed by atoms with Gasteiger partial charge in [0, 0.05) is 12.1 Å². The van der Waals surface area contributed by atoms with Crippen LogP contribution in [-0.4, -0.2) is 21.4 Å². The van der Waals surface area contributed by atoms with Gasteiger partial charge >= 0.3 is 0 Å². The minimum Gasteiger partial charge on any atom is -0.489 e. The molecule has 4 nitrogen and oxygen atoms in total. The lowest BCUT2D eigenvalue weighted by Crippen LogP contribution is -2.03. The maximum atomic E-state index is 14.2. The summed E-state index contributed by atoms with van der Waals surface area (Å²) in [7, 11) is 0. The molecule has 6 heteroatoms. The molecule has 1 aromatic heterocycles. The van der Waals surface area contributed by atoms with E-state index in [0.717, 1.165) is 5.56 Å². The van der Waals surface area contributed by atoms with E-state index >= 15 is 0 Å². The normalized spacial score (nSPS) is 16.2. The first-order valence-corrected chi connectivity index (χ1v) is 8.25. The van der Waals surface area contributed by atoms with Crippen LogP contribution in [0.4, 0.5) is 8.78 Å². The number of aryl methyl sites for hydroxylation is 1. The topological polar surface area (TPSA) is 39.9 Å². The van der Waals surface area contributed by atoms with E-state index in [1.807, 2.05) is 26.0 Å². The van der Waals surface area contributed by atoms with Gasteiger partial charge in [0.1, 0.15) is 12.4 Å². The van der Waals surface area contributed by atoms with Gasteiger partial charge < -0.3 is 4.74 Å². The number of alkyl halides is 1. The van der Waals surface area contributed by atoms with Crippen molar-refractivity contribution in [3.05, 3.63) is 42.0 Å². The Kier molecular flexibility index (Phi) is 4.64. The predicted octanol–water partition coefficient (Wildman–Crippen LogP) is 4.57. The van der Waals surface area contributed by atoms with Crippen LogP contribution in [0.2, 0.25) is 0 Å². The average Bonchev–Trinajstić information content (AvgIpc) is 3.21. The molecule has 0 saturated heterocycles. The lowest BCUT2D eigenvalue weighted by Gasteiger charge is -2.08. The van der Waals surface area contributed by atoms with E-state index in [0.29, 0.717) is 49.3 Å². The van der Waals surface area contributed by atoms with Gasteiger partial charge in [-0.15, -0.1) is 0 Å². The molecule has 2 aromatic rings. The number of aromatic nitrogens is 3. The summed E-state index contributed by atoms with van der Waals surface area (Å²) in [6, 6.07) is 7.32. The Morgan fingerprint density at radius 3 is 2.54 bits per heavy atom. The summed E-state index contributed by atoms with van der Waals surface area (Å²) in [6.45, 7) is 4.68. The third-order valence-electron chi connectivity index (χ3n) is 4.21. The van der Waals surface area contributed by atoms with Crippen molar-refractivity contribution in [2.45, 2.75) is 45.3 Å². The van der Waals surface area contributed by atoms with Gasteiger partial charge in [0.2, 0.25) is 0 Å². The van der Waals surface area contributed by atoms with Gasteiger partial charge in [-0.3, -0.25) is 0 Å². The largest absolute Gasteiger partial charge is 0.489 e. The number of benzene rings is 1. The molecule has 1 saturated carbocycles. The molecule has 0 amide bonds. The van der Waals surface area contributed by atoms with Crippen LogP contribution in [0.25, 0.3) is 11.4 Å². The highest BCUT2D eigenvalue weighted by Crippen LogP contribution is 2.48. The summed E-state index contributed by atoms with van der Waals surface area (Å²) in [4.78, 5) is 4.39. The van der Waals surface area contributed by atoms with E-state index < -0.39 is 5.67 Å². The van der Waals surface area contributed by atoms with Crippen LogP contribution in [0.1, 0.15) is 38.9 Å². The molecule has 3 rings (SSSR count). The van der Waals surface area contributed by atoms with Gasteiger partial charge in [0.05, 0.1) is 6.33 Å². The number of hydrogen-bond donors (Lipinski definition) is 0. The minimum atomic E-state index is -1.34. The SMILES string of the molecule is CC/C(=C\F)COc1ccc(-c2nc(C3(F)CC3)nn2CC)cc1. The highest BCUT2D eigenvalue weighted by atomic mass is 19.1. The summed E-state index contributed by atoms with van der Waals surface area (Å²) >= 11 is 0. The molecule has 0 aliphatic heterocycles. The van der Waals surface area contributed by atoms with Gasteiger partial charge in [-0.05, 0) is 56.0 Å². The number of nitrogens with zero attached hydrogens (tertiary/aromatic N) is 3. The number of halogens is 2. The molecule has 0 spiro atoms. The Morgan fingerprint density at radius 2 is 2.00 bits per heavy atom. The highest BCUT2D eigenvalue weighted by molar-refractivity contribution is 5.56. The fourth-order valence-electron chi connectivity index (χ4n) is 2.39. The zero-order chi connectivity index (χ0) is 17.2. The van der Waals surface area contributed by atoms with Crippen molar-refractivity contribution < 1.29 is 13.5 Å². The Balaban J connectivity index is 1.77. The molecule has 24 heavy (non-hydrogen) atoms. The van der Waals surface area contributed by atoms with Gasteiger partial charge in [0.15, 0.2) is 17.3 Å². The number of hydrogen-bond acceptors (Lipinski definition) is 3. The molecule has 1 heterocycles. The summed E-state index contributed by atoms with van der Waals surface area (Å²) in [5, 5.41) is 4.29. The van der Waals surface area contributed by atoms with Crippen molar-refractivity contribution >= 4 is 0 Å². The Hall–Kier alpha value is -2.24. The standard InChI is InChI=1S/C18H21F2N3O/c1-3-13(11-19)12-24-15-7-5-14(6-8-15)16-21-17(18(20)9-10-18)22-23(16)4-2/h5-8,11H,3-4,9-10,12H2,1-2H3/b13-11+. The smallest absolute Gasteiger partial charge is 0.188 e. The average molecular weight is 333 g/mol. The van der Waals surface area contributed by atoms with E-state index in [9.17, 15) is 8.78 Å². The first-order chi connectivity index (χ1) is 11.6. The lowest BCUT2D eigenvalue weighted by atomic mass is 10.2. The van der Waals surface area contributed by atoms with Gasteiger partial charge in [0.25, 0.3) is 0 Å². The van der Waals surface area contributed by atoms with E-state index in [2.05, 4.69) is 10.1 Å². The fourth-order valence-corrected chi connectivity index (χ4v) is 2.39. The molecule has 0 radical (unpaired) electrons. The van der Waals surface area contributed by atoms with Crippen molar-refractivity contribution in [2.24, 2.45) is 0 Å². The molecule has 128 valence electrons. The molecule has 1 aliphatic carbocycles. The van der Waals surface area contributed by atoms with Crippen LogP contribution < -0.4 is 4.74 Å². The molecule has 1 aliphatic rings. The van der Waals surface area contributed by atoms with E-state index in [1.165, 1.54) is 0 Å². The molecule has 0 unspecified atom stereocenters. The van der Waals surface area contributed by atoms with Crippen LogP contribution in [0, 0.1) is 0 Å². The predicted molar refractivity (Wildman–Crippen MR) is 88.1 cm³/mol. The summed E-state index contributed by atoms with van der Waals surface area (Å²) in [6.07, 6.45) is 2.19. The summed E-state index contributed by atoms with van der Waals surface area (Å²) in [5.74, 6) is 1.58. The monoisotopic (exact) mass is 333 g/mol. The Labute approximate surface area is 140 Å². The van der Waals surface area contributed by atoms with E-state index in [4.69, 9.17) is 4.74 Å². The van der Waals surface area contributed by atoms with Crippen molar-refractivity contribution in [3.8, 4) is 17.1 Å². The Morgan fingerprint density at radius 1 is 1.29 bits per heavy atom. The second kappa shape index (κ2) is 6.71. The van der Waals surface area contributed by atoms with Crippen molar-refractivity contribution in [1.82, 2.24) is 14.8 Å². The molecule has 0 bridgehead atoms. The fraction of sp³-hybridized carbons (Fsp3) is 0.444. The molecule has 0 N–H and O–H groups in total. The summed E-state index contributed by atoms with van der Waals surface area (Å²) < 4.78 is 34.0. The van der Waals surface area contributed by atoms with Gasteiger partial charge in [-0.25, -0.2) is 18.4 Å². The van der Waals surface area contributed by atoms with Crippen molar-refractivity contribution in [1.29, 1.82) is 0 Å². The second-order valence-corrected chi connectivity index (χ2v) is 5.97. The molecule has 1 aromatic carbocycles. The van der Waals surface area contributed by atoms with Crippen LogP contribution in [-0.2, 0) is 12.2 Å². The maximum Gasteiger partial charge on any atom is 0.188 e. The lowest BCUT2D eigenvalue weighted by molar-refractivity contribution is 0.299. The van der Waals surface area contributed by atoms with Crippen molar-refractivity contribution in [3.63, 3.8) is 0 Å². The first kappa shape index (κ1) is 16.6. The third kappa shape index (κ3) is 3.32. The molecule has 1 fully saturated rings. The quantitative estimate of drug-likeness (QED) is 0.745. The van der Waals surface area contributed by atoms with Gasteiger partial charge in [-0.1, -0.05) is 6.92 Å². The third-order valence-corrected chi connectivity index (χ3v) is 4.21. The van der Waals surface area contributed by atoms with E-state index in [-0.39, 0.29) is 12.4 Å². The molecular weight excluding hydrogens is 312 g/mol. The zero-order valence-corrected chi connectivity index (χ0v) is 13.9. The minimum absolute atomic E-state index is 0.228. The summed E-state index contributed by atoms with van der Waals surface area (Å²) in [5.41, 5.74) is 0.115. The highest BCUT2D eigenvalue weighted by Gasteiger charge is 2.49. The number of rotatable bonds is 7. The van der Waals surface area contributed by atoms with Crippen LogP contribution >= 0.6 is 0 Å². The molecular formula is C18H21F2N3O. The van der Waals surface area contributed by atoms with Crippen LogP contribution in [0.3, 0.4) is 0 Å². The zero-order valence-electron chi connectivity index (χ0n) is 13.9. The maximum absolute atomic E-state index is 14.2. The van der Waals surface area contributed by atoms with Crippen molar-refractivity contribution in [2.75, 3.05) is 6.61 Å². The van der Waals surface area contributed by atoms with Crippen LogP contribution in [0.15, 0.2) is 36.2 Å². The second-order valence-electron chi connectivity index (χ2n) is 5.97.